The van der Waals surface area contributed by atoms with Gasteiger partial charge in [0.25, 0.3) is 0 Å². The Morgan fingerprint density at radius 3 is 1.72 bits per heavy atom. The van der Waals surface area contributed by atoms with Gasteiger partial charge in [-0.05, 0) is 42.5 Å². The molecular weight excluding hydrogens is 574 g/mol. The summed E-state index contributed by atoms with van der Waals surface area (Å²) in [4.78, 5) is 3.93. The molecule has 0 saturated carbocycles. The zero-order valence-electron chi connectivity index (χ0n) is 25.2. The number of hydrogen-bond acceptors (Lipinski definition) is 1. The van der Waals surface area contributed by atoms with E-state index in [1.54, 1.807) is 0 Å². The van der Waals surface area contributed by atoms with Crippen LogP contribution in [0.2, 0.25) is 0 Å². The first-order valence-corrected chi connectivity index (χ1v) is 15.7. The summed E-state index contributed by atoms with van der Waals surface area (Å²) in [5.41, 5.74) is 11.1. The lowest BCUT2D eigenvalue weighted by Crippen LogP contribution is -1.98. The second-order valence-electron chi connectivity index (χ2n) is 12.0. The first kappa shape index (κ1) is 25.7. The largest absolute Gasteiger partial charge is 0.456 e. The van der Waals surface area contributed by atoms with Crippen LogP contribution in [0.1, 0.15) is 0 Å². The molecule has 3 heterocycles. The predicted octanol–water partition coefficient (Wildman–Crippen LogP) is 12.0. The summed E-state index contributed by atoms with van der Waals surface area (Å²) in [5, 5.41) is 6.92. The van der Waals surface area contributed by atoms with Gasteiger partial charge in [-0.3, -0.25) is 0 Å². The van der Waals surface area contributed by atoms with Gasteiger partial charge in [0.05, 0.1) is 34.3 Å². The Balaban J connectivity index is 1.36. The Bertz CT molecular complexity index is 2930. The van der Waals surface area contributed by atoms with Crippen molar-refractivity contribution in [1.29, 1.82) is 0 Å². The third-order valence-electron chi connectivity index (χ3n) is 9.54. The molecule has 0 N–H and O–H groups in total. The van der Waals surface area contributed by atoms with Crippen LogP contribution in [-0.4, -0.2) is 9.13 Å². The molecule has 0 fully saturated rings. The Labute approximate surface area is 269 Å². The van der Waals surface area contributed by atoms with Crippen molar-refractivity contribution in [2.24, 2.45) is 0 Å². The van der Waals surface area contributed by atoms with Crippen molar-refractivity contribution in [1.82, 2.24) is 9.13 Å². The minimum atomic E-state index is 0.623. The second kappa shape index (κ2) is 9.71. The molecule has 0 spiro atoms. The average Bonchev–Trinajstić information content (AvgIpc) is 3.79. The van der Waals surface area contributed by atoms with Gasteiger partial charge in [0.1, 0.15) is 11.2 Å². The molecule has 0 aliphatic rings. The quantitative estimate of drug-likeness (QED) is 0.186. The number of aromatic nitrogens is 2. The smallest absolute Gasteiger partial charge is 0.210 e. The lowest BCUT2D eigenvalue weighted by atomic mass is 9.99. The standard InChI is InChI=1S/C43H25N3O/c1-44-36-19-5-8-22-39(36)46-38-21-7-3-13-29(38)32-16-11-18-34(43(32)46)33-17-10-15-31-28-12-2-6-20-37(28)45(42(31)33)27-24-25-41-35(26-27)30-14-4-9-23-40(30)47-41/h2-26H. The molecule has 0 aliphatic carbocycles. The fraction of sp³-hybridized carbons (Fsp3) is 0. The van der Waals surface area contributed by atoms with Crippen molar-refractivity contribution in [2.45, 2.75) is 0 Å². The lowest BCUT2D eigenvalue weighted by Gasteiger charge is -2.15. The number of benzene rings is 7. The molecule has 0 amide bonds. The van der Waals surface area contributed by atoms with E-state index in [0.717, 1.165) is 77.3 Å². The zero-order chi connectivity index (χ0) is 31.1. The first-order chi connectivity index (χ1) is 23.3. The molecule has 0 unspecified atom stereocenters. The fourth-order valence-corrected chi connectivity index (χ4v) is 7.59. The summed E-state index contributed by atoms with van der Waals surface area (Å²) >= 11 is 0. The van der Waals surface area contributed by atoms with Gasteiger partial charge in [0.15, 0.2) is 0 Å². The number of hydrogen-bond donors (Lipinski definition) is 0. The second-order valence-corrected chi connectivity index (χ2v) is 12.0. The topological polar surface area (TPSA) is 27.4 Å². The molecular formula is C43H25N3O. The van der Waals surface area contributed by atoms with Crippen LogP contribution in [0.15, 0.2) is 156 Å². The van der Waals surface area contributed by atoms with Crippen molar-refractivity contribution in [2.75, 3.05) is 0 Å². The molecule has 10 rings (SSSR count). The third-order valence-corrected chi connectivity index (χ3v) is 9.54. The lowest BCUT2D eigenvalue weighted by molar-refractivity contribution is 0.669. The molecule has 10 aromatic rings. The van der Waals surface area contributed by atoms with E-state index < -0.39 is 0 Å². The molecule has 218 valence electrons. The maximum atomic E-state index is 8.01. The SMILES string of the molecule is [C-]#[N+]c1ccccc1-n1c2ccccc2c2cccc(-c3cccc4c5ccccc5n(-c5ccc6oc7ccccc7c6c5)c34)c21. The zero-order valence-corrected chi connectivity index (χ0v) is 25.2. The van der Waals surface area contributed by atoms with Crippen LogP contribution in [0.25, 0.3) is 92.9 Å². The van der Waals surface area contributed by atoms with Crippen LogP contribution < -0.4 is 0 Å². The normalized spacial score (nSPS) is 11.8. The number of furan rings is 1. The van der Waals surface area contributed by atoms with Gasteiger partial charge < -0.3 is 13.6 Å². The molecule has 7 aromatic carbocycles. The maximum Gasteiger partial charge on any atom is 0.210 e. The van der Waals surface area contributed by atoms with Crippen molar-refractivity contribution in [3.63, 3.8) is 0 Å². The molecule has 4 nitrogen and oxygen atoms in total. The summed E-state index contributed by atoms with van der Waals surface area (Å²) in [7, 11) is 0. The number of rotatable bonds is 3. The van der Waals surface area contributed by atoms with Crippen molar-refractivity contribution in [3.05, 3.63) is 163 Å². The van der Waals surface area contributed by atoms with Crippen LogP contribution in [0.4, 0.5) is 5.69 Å². The molecule has 3 aromatic heterocycles. The number of nitrogens with zero attached hydrogens (tertiary/aromatic N) is 3. The Morgan fingerprint density at radius 1 is 0.447 bits per heavy atom. The Hall–Kier alpha value is -6.57. The van der Waals surface area contributed by atoms with E-state index in [9.17, 15) is 0 Å². The van der Waals surface area contributed by atoms with E-state index in [2.05, 4.69) is 135 Å². The van der Waals surface area contributed by atoms with Crippen LogP contribution in [-0.2, 0) is 0 Å². The van der Waals surface area contributed by atoms with E-state index in [4.69, 9.17) is 11.0 Å². The summed E-state index contributed by atoms with van der Waals surface area (Å²) in [6.45, 7) is 8.01. The highest BCUT2D eigenvalue weighted by Crippen LogP contribution is 2.44. The molecule has 0 atom stereocenters. The van der Waals surface area contributed by atoms with E-state index >= 15 is 0 Å². The van der Waals surface area contributed by atoms with Crippen LogP contribution >= 0.6 is 0 Å². The van der Waals surface area contributed by atoms with Gasteiger partial charge in [0.2, 0.25) is 5.69 Å². The van der Waals surface area contributed by atoms with E-state index in [-0.39, 0.29) is 0 Å². The Morgan fingerprint density at radius 2 is 1.00 bits per heavy atom. The van der Waals surface area contributed by atoms with Gasteiger partial charge >= 0.3 is 0 Å². The third kappa shape index (κ3) is 3.57. The molecule has 0 saturated heterocycles. The molecule has 0 aliphatic heterocycles. The monoisotopic (exact) mass is 599 g/mol. The van der Waals surface area contributed by atoms with Gasteiger partial charge in [-0.25, -0.2) is 4.85 Å². The summed E-state index contributed by atoms with van der Waals surface area (Å²) < 4.78 is 10.9. The molecule has 4 heteroatoms. The minimum Gasteiger partial charge on any atom is -0.456 e. The van der Waals surface area contributed by atoms with Crippen molar-refractivity contribution < 1.29 is 4.42 Å². The van der Waals surface area contributed by atoms with Gasteiger partial charge in [0, 0.05) is 49.1 Å². The van der Waals surface area contributed by atoms with Crippen LogP contribution in [0, 0.1) is 6.57 Å². The van der Waals surface area contributed by atoms with Crippen molar-refractivity contribution in [3.8, 4) is 22.5 Å². The van der Waals surface area contributed by atoms with Gasteiger partial charge in [-0.15, -0.1) is 0 Å². The summed E-state index contributed by atoms with van der Waals surface area (Å²) in [6, 6.07) is 53.0. The van der Waals surface area contributed by atoms with Gasteiger partial charge in [-0.1, -0.05) is 109 Å². The van der Waals surface area contributed by atoms with E-state index in [1.807, 2.05) is 30.3 Å². The first-order valence-electron chi connectivity index (χ1n) is 15.7. The highest BCUT2D eigenvalue weighted by molar-refractivity contribution is 6.19. The van der Waals surface area contributed by atoms with E-state index in [0.29, 0.717) is 5.69 Å². The summed E-state index contributed by atoms with van der Waals surface area (Å²) in [6.07, 6.45) is 0. The van der Waals surface area contributed by atoms with Crippen molar-refractivity contribution >= 4 is 71.2 Å². The number of fused-ring (bicyclic) bond motifs is 9. The minimum absolute atomic E-state index is 0.623. The van der Waals surface area contributed by atoms with Crippen LogP contribution in [0.5, 0.6) is 0 Å². The average molecular weight is 600 g/mol. The van der Waals surface area contributed by atoms with E-state index in [1.165, 1.54) is 10.8 Å². The molecule has 0 bridgehead atoms. The maximum absolute atomic E-state index is 8.01. The fourth-order valence-electron chi connectivity index (χ4n) is 7.59. The highest BCUT2D eigenvalue weighted by Gasteiger charge is 2.22. The molecule has 0 radical (unpaired) electrons. The highest BCUT2D eigenvalue weighted by atomic mass is 16.3. The summed E-state index contributed by atoms with van der Waals surface area (Å²) in [5.74, 6) is 0. The van der Waals surface area contributed by atoms with Gasteiger partial charge in [-0.2, -0.15) is 0 Å². The van der Waals surface area contributed by atoms with Crippen LogP contribution in [0.3, 0.4) is 0 Å². The number of para-hydroxylation sites is 7. The predicted molar refractivity (Wildman–Crippen MR) is 194 cm³/mol. The molecule has 47 heavy (non-hydrogen) atoms. The Kier molecular flexibility index (Phi) is 5.32.